The average molecular weight is 293 g/mol. The van der Waals surface area contributed by atoms with E-state index in [0.29, 0.717) is 11.2 Å². The van der Waals surface area contributed by atoms with E-state index in [4.69, 9.17) is 17.0 Å². The van der Waals surface area contributed by atoms with E-state index in [-0.39, 0.29) is 0 Å². The molecule has 2 N–H and O–H groups in total. The minimum atomic E-state index is 0.295. The summed E-state index contributed by atoms with van der Waals surface area (Å²) in [6, 6.07) is 6.12. The fourth-order valence-electron chi connectivity index (χ4n) is 2.14. The van der Waals surface area contributed by atoms with E-state index in [9.17, 15) is 0 Å². The maximum Gasteiger partial charge on any atom is 0.170 e. The number of ether oxygens (including phenoxy) is 1. The van der Waals surface area contributed by atoms with Gasteiger partial charge in [-0.15, -0.1) is 0 Å². The van der Waals surface area contributed by atoms with Gasteiger partial charge in [0.25, 0.3) is 0 Å². The molecule has 0 saturated carbocycles. The fraction of sp³-hybridized carbons (Fsp3) is 0.385. The molecule has 0 unspecified atom stereocenters. The second-order valence-corrected chi connectivity index (χ2v) is 5.79. The van der Waals surface area contributed by atoms with Gasteiger partial charge in [0, 0.05) is 30.4 Å². The van der Waals surface area contributed by atoms with Crippen molar-refractivity contribution in [2.24, 2.45) is 0 Å². The Bertz CT molecular complexity index is 578. The Morgan fingerprint density at radius 3 is 3.32 bits per heavy atom. The Kier molecular flexibility index (Phi) is 3.91. The largest absolute Gasteiger partial charge is 0.376 e. The van der Waals surface area contributed by atoms with Crippen LogP contribution >= 0.6 is 23.8 Å². The van der Waals surface area contributed by atoms with Crippen LogP contribution in [-0.2, 0) is 4.74 Å². The summed E-state index contributed by atoms with van der Waals surface area (Å²) >= 11 is 6.78. The zero-order valence-electron chi connectivity index (χ0n) is 10.4. The van der Waals surface area contributed by atoms with Crippen molar-refractivity contribution in [3.8, 4) is 0 Å². The van der Waals surface area contributed by atoms with Crippen LogP contribution in [-0.4, -0.2) is 28.7 Å². The molecule has 100 valence electrons. The van der Waals surface area contributed by atoms with Crippen LogP contribution in [0.3, 0.4) is 0 Å². The molecule has 1 aliphatic rings. The van der Waals surface area contributed by atoms with E-state index < -0.39 is 0 Å². The lowest BCUT2D eigenvalue weighted by Crippen LogP contribution is -2.34. The standard InChI is InChI=1S/C13H15N3OS2/c18-13(14-8-11-2-1-5-17-11)16-10-3-4-12-9(6-10)7-15-19-12/h3-4,6-7,11H,1-2,5,8H2,(H2,14,16,18)/t11-/m0/s1. The van der Waals surface area contributed by atoms with Crippen molar-refractivity contribution >= 4 is 44.6 Å². The van der Waals surface area contributed by atoms with Crippen LogP contribution in [0.15, 0.2) is 24.4 Å². The van der Waals surface area contributed by atoms with Gasteiger partial charge >= 0.3 is 0 Å². The molecule has 0 aliphatic carbocycles. The predicted molar refractivity (Wildman–Crippen MR) is 82.8 cm³/mol. The zero-order valence-corrected chi connectivity index (χ0v) is 12.0. The SMILES string of the molecule is S=C(NC[C@@H]1CCCO1)Nc1ccc2sncc2c1. The van der Waals surface area contributed by atoms with Crippen LogP contribution in [0.1, 0.15) is 12.8 Å². The van der Waals surface area contributed by atoms with E-state index in [1.54, 1.807) is 0 Å². The van der Waals surface area contributed by atoms with Gasteiger partial charge in [0.1, 0.15) is 0 Å². The molecular formula is C13H15N3OS2. The summed E-state index contributed by atoms with van der Waals surface area (Å²) in [4.78, 5) is 0. The molecular weight excluding hydrogens is 278 g/mol. The topological polar surface area (TPSA) is 46.2 Å². The smallest absolute Gasteiger partial charge is 0.170 e. The van der Waals surface area contributed by atoms with E-state index in [1.807, 2.05) is 12.3 Å². The molecule has 2 heterocycles. The summed E-state index contributed by atoms with van der Waals surface area (Å²) in [6.45, 7) is 1.64. The van der Waals surface area contributed by atoms with Crippen molar-refractivity contribution in [2.45, 2.75) is 18.9 Å². The molecule has 0 amide bonds. The van der Waals surface area contributed by atoms with Gasteiger partial charge in [0.05, 0.1) is 10.8 Å². The molecule has 0 spiro atoms. The van der Waals surface area contributed by atoms with Crippen molar-refractivity contribution in [1.29, 1.82) is 0 Å². The quantitative estimate of drug-likeness (QED) is 0.852. The molecule has 19 heavy (non-hydrogen) atoms. The Balaban J connectivity index is 1.55. The Morgan fingerprint density at radius 1 is 1.53 bits per heavy atom. The lowest BCUT2D eigenvalue weighted by Gasteiger charge is -2.14. The molecule has 1 aromatic carbocycles. The Labute approximate surface area is 121 Å². The highest BCUT2D eigenvalue weighted by Crippen LogP contribution is 2.21. The van der Waals surface area contributed by atoms with Crippen molar-refractivity contribution < 1.29 is 4.74 Å². The number of anilines is 1. The molecule has 0 bridgehead atoms. The van der Waals surface area contributed by atoms with E-state index in [1.165, 1.54) is 16.2 Å². The number of thiocarbonyl (C=S) groups is 1. The van der Waals surface area contributed by atoms with Crippen LogP contribution in [0.4, 0.5) is 5.69 Å². The maximum atomic E-state index is 5.54. The maximum absolute atomic E-state index is 5.54. The molecule has 3 rings (SSSR count). The summed E-state index contributed by atoms with van der Waals surface area (Å²) < 4.78 is 10.9. The highest BCUT2D eigenvalue weighted by Gasteiger charge is 2.15. The van der Waals surface area contributed by atoms with Crippen molar-refractivity contribution in [3.63, 3.8) is 0 Å². The summed E-state index contributed by atoms with van der Waals surface area (Å²) in [5.74, 6) is 0. The van der Waals surface area contributed by atoms with Crippen LogP contribution in [0, 0.1) is 0 Å². The summed E-state index contributed by atoms with van der Waals surface area (Å²) in [6.07, 6.45) is 4.42. The van der Waals surface area contributed by atoms with Crippen LogP contribution in [0.2, 0.25) is 0 Å². The molecule has 2 aromatic rings. The first-order valence-corrected chi connectivity index (χ1v) is 7.50. The molecule has 1 atom stereocenters. The lowest BCUT2D eigenvalue weighted by molar-refractivity contribution is 0.114. The van der Waals surface area contributed by atoms with Crippen molar-refractivity contribution in [1.82, 2.24) is 9.69 Å². The number of nitrogens with one attached hydrogen (secondary N) is 2. The van der Waals surface area contributed by atoms with Gasteiger partial charge in [-0.3, -0.25) is 0 Å². The lowest BCUT2D eigenvalue weighted by atomic mass is 10.2. The molecule has 1 aliphatic heterocycles. The van der Waals surface area contributed by atoms with Crippen molar-refractivity contribution in [2.75, 3.05) is 18.5 Å². The van der Waals surface area contributed by atoms with E-state index >= 15 is 0 Å². The van der Waals surface area contributed by atoms with Gasteiger partial charge in [-0.2, -0.15) is 4.37 Å². The van der Waals surface area contributed by atoms with Gasteiger partial charge in [-0.05, 0) is 54.8 Å². The number of hydrogen-bond donors (Lipinski definition) is 2. The minimum absolute atomic E-state index is 0.295. The normalized spacial score (nSPS) is 18.6. The molecule has 4 nitrogen and oxygen atoms in total. The van der Waals surface area contributed by atoms with Gasteiger partial charge in [0.2, 0.25) is 0 Å². The van der Waals surface area contributed by atoms with E-state index in [2.05, 4.69) is 27.1 Å². The summed E-state index contributed by atoms with van der Waals surface area (Å²) in [5, 5.41) is 8.16. The molecule has 1 saturated heterocycles. The fourth-order valence-corrected chi connectivity index (χ4v) is 2.96. The first kappa shape index (κ1) is 12.8. The third-order valence-corrected chi connectivity index (χ3v) is 4.15. The molecule has 0 radical (unpaired) electrons. The third kappa shape index (κ3) is 3.20. The Morgan fingerprint density at radius 2 is 2.47 bits per heavy atom. The highest BCUT2D eigenvalue weighted by atomic mass is 32.1. The van der Waals surface area contributed by atoms with Gasteiger partial charge in [-0.25, -0.2) is 0 Å². The predicted octanol–water partition coefficient (Wildman–Crippen LogP) is 2.76. The average Bonchev–Trinajstić information content (AvgIpc) is 3.07. The van der Waals surface area contributed by atoms with Crippen LogP contribution in [0.25, 0.3) is 10.1 Å². The first-order valence-electron chi connectivity index (χ1n) is 6.32. The highest BCUT2D eigenvalue weighted by molar-refractivity contribution is 7.80. The summed E-state index contributed by atoms with van der Waals surface area (Å²) in [7, 11) is 0. The first-order chi connectivity index (χ1) is 9.31. The van der Waals surface area contributed by atoms with Crippen LogP contribution in [0.5, 0.6) is 0 Å². The van der Waals surface area contributed by atoms with Crippen molar-refractivity contribution in [3.05, 3.63) is 24.4 Å². The zero-order chi connectivity index (χ0) is 13.1. The number of rotatable bonds is 3. The van der Waals surface area contributed by atoms with Crippen LogP contribution < -0.4 is 10.6 Å². The second-order valence-electron chi connectivity index (χ2n) is 4.55. The van der Waals surface area contributed by atoms with Gasteiger partial charge in [0.15, 0.2) is 5.11 Å². The Hall–Kier alpha value is -1.24. The molecule has 6 heteroatoms. The molecule has 1 aromatic heterocycles. The number of fused-ring (bicyclic) bond motifs is 1. The van der Waals surface area contributed by atoms with Gasteiger partial charge < -0.3 is 15.4 Å². The number of aromatic nitrogens is 1. The third-order valence-electron chi connectivity index (χ3n) is 3.12. The molecule has 1 fully saturated rings. The van der Waals surface area contributed by atoms with E-state index in [0.717, 1.165) is 37.1 Å². The van der Waals surface area contributed by atoms with Gasteiger partial charge in [-0.1, -0.05) is 0 Å². The second kappa shape index (κ2) is 5.81. The summed E-state index contributed by atoms with van der Waals surface area (Å²) in [5.41, 5.74) is 0.984. The number of benzene rings is 1. The number of hydrogen-bond acceptors (Lipinski definition) is 4. The minimum Gasteiger partial charge on any atom is -0.376 e. The number of nitrogens with zero attached hydrogens (tertiary/aromatic N) is 1. The monoisotopic (exact) mass is 293 g/mol.